The van der Waals surface area contributed by atoms with E-state index in [1.807, 2.05) is 0 Å². The molecule has 96 valence electrons. The Kier molecular flexibility index (Phi) is 4.05. The van der Waals surface area contributed by atoms with Crippen molar-refractivity contribution >= 4 is 16.5 Å². The zero-order valence-corrected chi connectivity index (χ0v) is 11.8. The third kappa shape index (κ3) is 2.47. The minimum atomic E-state index is 0.126. The molecular formula is C13H22N2OS. The minimum absolute atomic E-state index is 0.126. The predicted molar refractivity (Wildman–Crippen MR) is 72.6 cm³/mol. The molecule has 1 fully saturated rings. The first-order valence-corrected chi connectivity index (χ1v) is 7.35. The molecule has 2 rings (SSSR count). The van der Waals surface area contributed by atoms with Crippen molar-refractivity contribution in [1.29, 1.82) is 0 Å². The monoisotopic (exact) mass is 254 g/mol. The highest BCUT2D eigenvalue weighted by Crippen LogP contribution is 2.34. The molecule has 0 saturated carbocycles. The van der Waals surface area contributed by atoms with Gasteiger partial charge in [0.05, 0.1) is 17.2 Å². The summed E-state index contributed by atoms with van der Waals surface area (Å²) in [5.41, 5.74) is 1.07. The van der Waals surface area contributed by atoms with E-state index in [2.05, 4.69) is 25.7 Å². The molecule has 0 amide bonds. The Hall–Kier alpha value is -0.610. The van der Waals surface area contributed by atoms with Crippen LogP contribution in [-0.4, -0.2) is 22.7 Å². The molecule has 0 spiro atoms. The van der Waals surface area contributed by atoms with Gasteiger partial charge in [-0.2, -0.15) is 0 Å². The molecule has 0 aromatic carbocycles. The molecule has 4 heteroatoms. The van der Waals surface area contributed by atoms with Crippen LogP contribution in [-0.2, 0) is 13.0 Å². The van der Waals surface area contributed by atoms with Crippen molar-refractivity contribution < 1.29 is 5.11 Å². The van der Waals surface area contributed by atoms with Crippen LogP contribution in [0.3, 0.4) is 0 Å². The maximum atomic E-state index is 9.33. The smallest absolute Gasteiger partial charge is 0.186 e. The fourth-order valence-corrected chi connectivity index (χ4v) is 3.71. The number of thiazole rings is 1. The topological polar surface area (TPSA) is 36.4 Å². The molecule has 0 aliphatic carbocycles. The number of aromatic nitrogens is 1. The van der Waals surface area contributed by atoms with Gasteiger partial charge in [0.25, 0.3) is 0 Å². The number of aliphatic hydroxyl groups is 1. The summed E-state index contributed by atoms with van der Waals surface area (Å²) in [5, 5.41) is 10.4. The lowest BCUT2D eigenvalue weighted by atomic mass is 10.0. The lowest BCUT2D eigenvalue weighted by Crippen LogP contribution is -2.33. The summed E-state index contributed by atoms with van der Waals surface area (Å²) in [6, 6.07) is 0.623. The van der Waals surface area contributed by atoms with Gasteiger partial charge in [0.1, 0.15) is 0 Å². The molecule has 1 aliphatic rings. The number of rotatable bonds is 4. The summed E-state index contributed by atoms with van der Waals surface area (Å²) >= 11 is 1.67. The van der Waals surface area contributed by atoms with Crippen LogP contribution in [0.15, 0.2) is 0 Å². The molecule has 1 aromatic rings. The van der Waals surface area contributed by atoms with Gasteiger partial charge >= 0.3 is 0 Å². The summed E-state index contributed by atoms with van der Waals surface area (Å²) < 4.78 is 0. The van der Waals surface area contributed by atoms with Gasteiger partial charge in [-0.1, -0.05) is 32.1 Å². The van der Waals surface area contributed by atoms with Crippen LogP contribution in [0.4, 0.5) is 5.13 Å². The number of anilines is 1. The Balaban J connectivity index is 2.24. The highest BCUT2D eigenvalue weighted by Gasteiger charge is 2.29. The zero-order chi connectivity index (χ0) is 12.4. The number of aryl methyl sites for hydroxylation is 1. The molecule has 1 aromatic heterocycles. The van der Waals surface area contributed by atoms with E-state index in [1.54, 1.807) is 11.3 Å². The summed E-state index contributed by atoms with van der Waals surface area (Å²) in [4.78, 5) is 8.18. The van der Waals surface area contributed by atoms with Crippen LogP contribution in [0.2, 0.25) is 0 Å². The second kappa shape index (κ2) is 5.36. The van der Waals surface area contributed by atoms with E-state index in [4.69, 9.17) is 4.98 Å². The largest absolute Gasteiger partial charge is 0.391 e. The number of aliphatic hydroxyl groups excluding tert-OH is 1. The van der Waals surface area contributed by atoms with E-state index in [9.17, 15) is 5.11 Å². The van der Waals surface area contributed by atoms with Crippen molar-refractivity contribution in [2.45, 2.75) is 52.7 Å². The lowest BCUT2D eigenvalue weighted by Gasteiger charge is -2.27. The lowest BCUT2D eigenvalue weighted by molar-refractivity contribution is 0.284. The fourth-order valence-electron chi connectivity index (χ4n) is 2.62. The molecule has 0 bridgehead atoms. The second-order valence-corrected chi connectivity index (χ2v) is 6.09. The van der Waals surface area contributed by atoms with Crippen molar-refractivity contribution in [2.24, 2.45) is 5.92 Å². The van der Waals surface area contributed by atoms with E-state index in [0.29, 0.717) is 12.0 Å². The molecule has 1 N–H and O–H groups in total. The molecular weight excluding hydrogens is 232 g/mol. The van der Waals surface area contributed by atoms with Gasteiger partial charge in [-0.25, -0.2) is 4.98 Å². The molecule has 17 heavy (non-hydrogen) atoms. The normalized spacial score (nSPS) is 20.5. The van der Waals surface area contributed by atoms with Crippen LogP contribution in [0, 0.1) is 5.92 Å². The van der Waals surface area contributed by atoms with Gasteiger partial charge in [0, 0.05) is 12.6 Å². The summed E-state index contributed by atoms with van der Waals surface area (Å²) in [6.45, 7) is 7.90. The van der Waals surface area contributed by atoms with E-state index < -0.39 is 0 Å². The van der Waals surface area contributed by atoms with Gasteiger partial charge in [0.2, 0.25) is 0 Å². The van der Waals surface area contributed by atoms with Crippen LogP contribution in [0.5, 0.6) is 0 Å². The zero-order valence-electron chi connectivity index (χ0n) is 10.9. The van der Waals surface area contributed by atoms with Crippen LogP contribution in [0.1, 0.15) is 44.2 Å². The molecule has 1 aliphatic heterocycles. The molecule has 1 atom stereocenters. The Morgan fingerprint density at radius 2 is 2.29 bits per heavy atom. The molecule has 1 unspecified atom stereocenters. The van der Waals surface area contributed by atoms with Crippen molar-refractivity contribution in [1.82, 2.24) is 4.98 Å². The standard InChI is InChI=1S/C13H22N2OS/c1-4-10-12(8-16)17-13(14-10)15-7-5-6-11(15)9(2)3/h9,11,16H,4-8H2,1-3H3. The van der Waals surface area contributed by atoms with E-state index in [-0.39, 0.29) is 6.61 Å². The Morgan fingerprint density at radius 1 is 1.53 bits per heavy atom. The quantitative estimate of drug-likeness (QED) is 0.897. The van der Waals surface area contributed by atoms with Crippen LogP contribution >= 0.6 is 11.3 Å². The predicted octanol–water partition coefficient (Wildman–Crippen LogP) is 2.82. The van der Waals surface area contributed by atoms with Crippen molar-refractivity contribution in [3.63, 3.8) is 0 Å². The number of nitrogens with zero attached hydrogens (tertiary/aromatic N) is 2. The third-order valence-electron chi connectivity index (χ3n) is 3.56. The van der Waals surface area contributed by atoms with Gasteiger partial charge in [-0.15, -0.1) is 0 Å². The van der Waals surface area contributed by atoms with Crippen molar-refractivity contribution in [2.75, 3.05) is 11.4 Å². The third-order valence-corrected chi connectivity index (χ3v) is 4.68. The van der Waals surface area contributed by atoms with Crippen molar-refractivity contribution in [3.8, 4) is 0 Å². The van der Waals surface area contributed by atoms with E-state index >= 15 is 0 Å². The Labute approximate surface area is 107 Å². The highest BCUT2D eigenvalue weighted by molar-refractivity contribution is 7.15. The van der Waals surface area contributed by atoms with Gasteiger partial charge in [-0.3, -0.25) is 0 Å². The SMILES string of the molecule is CCc1nc(N2CCCC2C(C)C)sc1CO. The summed E-state index contributed by atoms with van der Waals surface area (Å²) in [5.74, 6) is 0.670. The molecule has 1 saturated heterocycles. The van der Waals surface area contributed by atoms with Crippen LogP contribution in [0.25, 0.3) is 0 Å². The van der Waals surface area contributed by atoms with E-state index in [1.165, 1.54) is 12.8 Å². The Bertz CT molecular complexity index is 354. The number of hydrogen-bond donors (Lipinski definition) is 1. The number of hydrogen-bond acceptors (Lipinski definition) is 4. The van der Waals surface area contributed by atoms with Gasteiger partial charge in [-0.05, 0) is 25.2 Å². The minimum Gasteiger partial charge on any atom is -0.391 e. The summed E-state index contributed by atoms with van der Waals surface area (Å²) in [7, 11) is 0. The second-order valence-electron chi connectivity index (χ2n) is 5.02. The first kappa shape index (κ1) is 12.8. The highest BCUT2D eigenvalue weighted by atomic mass is 32.1. The maximum absolute atomic E-state index is 9.33. The van der Waals surface area contributed by atoms with E-state index in [0.717, 1.165) is 28.7 Å². The maximum Gasteiger partial charge on any atom is 0.186 e. The van der Waals surface area contributed by atoms with Gasteiger partial charge in [0.15, 0.2) is 5.13 Å². The molecule has 0 radical (unpaired) electrons. The van der Waals surface area contributed by atoms with Crippen LogP contribution < -0.4 is 4.90 Å². The average Bonchev–Trinajstić information content (AvgIpc) is 2.94. The first-order chi connectivity index (χ1) is 8.17. The Morgan fingerprint density at radius 3 is 2.82 bits per heavy atom. The fraction of sp³-hybridized carbons (Fsp3) is 0.769. The average molecular weight is 254 g/mol. The van der Waals surface area contributed by atoms with Gasteiger partial charge < -0.3 is 10.0 Å². The summed E-state index contributed by atoms with van der Waals surface area (Å²) in [6.07, 6.45) is 3.44. The first-order valence-electron chi connectivity index (χ1n) is 6.53. The molecule has 2 heterocycles. The van der Waals surface area contributed by atoms with Crippen molar-refractivity contribution in [3.05, 3.63) is 10.6 Å². The molecule has 3 nitrogen and oxygen atoms in total.